The minimum absolute atomic E-state index is 0.202. The van der Waals surface area contributed by atoms with Gasteiger partial charge >= 0.3 is 0 Å². The first-order chi connectivity index (χ1) is 8.10. The van der Waals surface area contributed by atoms with Crippen molar-refractivity contribution in [2.45, 2.75) is 31.9 Å². The van der Waals surface area contributed by atoms with Gasteiger partial charge in [-0.2, -0.15) is 0 Å². The number of aromatic nitrogens is 1. The molecule has 0 unspecified atom stereocenters. The average Bonchev–Trinajstić information content (AvgIpc) is 2.22. The third-order valence-corrected chi connectivity index (χ3v) is 3.30. The summed E-state index contributed by atoms with van der Waals surface area (Å²) < 4.78 is 0. The van der Waals surface area contributed by atoms with Gasteiger partial charge in [0.1, 0.15) is 11.6 Å². The highest BCUT2D eigenvalue weighted by Gasteiger charge is 2.27. The number of halogens is 2. The Kier molecular flexibility index (Phi) is 3.97. The van der Waals surface area contributed by atoms with E-state index in [1.165, 1.54) is 0 Å². The number of nitrogens with zero attached hydrogens (tertiary/aromatic N) is 1. The fourth-order valence-corrected chi connectivity index (χ4v) is 2.24. The van der Waals surface area contributed by atoms with Crippen molar-refractivity contribution in [3.05, 3.63) is 16.1 Å². The van der Waals surface area contributed by atoms with Crippen LogP contribution in [0.1, 0.15) is 19.8 Å². The summed E-state index contributed by atoms with van der Waals surface area (Å²) in [6.07, 6.45) is 1.26. The highest BCUT2D eigenvalue weighted by atomic mass is 35.5. The van der Waals surface area contributed by atoms with Crippen LogP contribution in [0.5, 0.6) is 0 Å². The monoisotopic (exact) mass is 275 g/mol. The van der Waals surface area contributed by atoms with Crippen molar-refractivity contribution < 1.29 is 5.11 Å². The molecule has 6 heteroatoms. The van der Waals surface area contributed by atoms with Crippen LogP contribution in [0, 0.1) is 0 Å². The number of aliphatic hydroxyl groups is 1. The van der Waals surface area contributed by atoms with E-state index in [-0.39, 0.29) is 12.1 Å². The number of hydrogen-bond donors (Lipinski definition) is 3. The van der Waals surface area contributed by atoms with Gasteiger partial charge in [-0.25, -0.2) is 4.98 Å². The summed E-state index contributed by atoms with van der Waals surface area (Å²) in [7, 11) is 0. The van der Waals surface area contributed by atoms with Crippen molar-refractivity contribution in [2.75, 3.05) is 17.2 Å². The van der Waals surface area contributed by atoms with Crippen molar-refractivity contribution >= 4 is 34.8 Å². The van der Waals surface area contributed by atoms with Crippen molar-refractivity contribution in [2.24, 2.45) is 0 Å². The van der Waals surface area contributed by atoms with Crippen LogP contribution in [0.15, 0.2) is 6.07 Å². The SMILES string of the molecule is CCNc1nc(NC2CC(O)C2)c(Cl)cc1Cl. The summed E-state index contributed by atoms with van der Waals surface area (Å²) in [6, 6.07) is 1.91. The molecule has 2 rings (SSSR count). The molecule has 1 aliphatic rings. The Morgan fingerprint density at radius 2 is 2.00 bits per heavy atom. The molecule has 3 N–H and O–H groups in total. The van der Waals surface area contributed by atoms with E-state index in [1.54, 1.807) is 6.07 Å². The maximum atomic E-state index is 9.22. The molecule has 94 valence electrons. The molecule has 17 heavy (non-hydrogen) atoms. The number of pyridine rings is 1. The lowest BCUT2D eigenvalue weighted by atomic mass is 9.89. The number of hydrogen-bond acceptors (Lipinski definition) is 4. The van der Waals surface area contributed by atoms with Crippen LogP contribution in [0.4, 0.5) is 11.6 Å². The van der Waals surface area contributed by atoms with Crippen LogP contribution in [-0.4, -0.2) is 28.8 Å². The number of nitrogens with one attached hydrogen (secondary N) is 2. The molecule has 0 atom stereocenters. The molecule has 0 bridgehead atoms. The first-order valence-corrected chi connectivity index (χ1v) is 6.40. The maximum Gasteiger partial charge on any atom is 0.147 e. The zero-order chi connectivity index (χ0) is 12.4. The lowest BCUT2D eigenvalue weighted by Gasteiger charge is -2.32. The van der Waals surface area contributed by atoms with E-state index in [1.807, 2.05) is 6.92 Å². The number of anilines is 2. The van der Waals surface area contributed by atoms with E-state index >= 15 is 0 Å². The van der Waals surface area contributed by atoms with Crippen LogP contribution < -0.4 is 10.6 Å². The van der Waals surface area contributed by atoms with Gasteiger partial charge < -0.3 is 15.7 Å². The standard InChI is InChI=1S/C11H15Cl2N3O/c1-2-14-10-8(12)5-9(13)11(16-10)15-6-3-7(17)4-6/h5-7,17H,2-4H2,1H3,(H2,14,15,16). The first kappa shape index (κ1) is 12.7. The van der Waals surface area contributed by atoms with Gasteiger partial charge in [0.15, 0.2) is 0 Å². The molecule has 4 nitrogen and oxygen atoms in total. The van der Waals surface area contributed by atoms with E-state index in [2.05, 4.69) is 15.6 Å². The molecule has 0 amide bonds. The fourth-order valence-electron chi connectivity index (χ4n) is 1.76. The van der Waals surface area contributed by atoms with Crippen molar-refractivity contribution in [1.29, 1.82) is 0 Å². The second-order valence-corrected chi connectivity index (χ2v) is 4.96. The van der Waals surface area contributed by atoms with Crippen molar-refractivity contribution in [3.8, 4) is 0 Å². The van der Waals surface area contributed by atoms with E-state index < -0.39 is 0 Å². The van der Waals surface area contributed by atoms with Crippen LogP contribution >= 0.6 is 23.2 Å². The maximum absolute atomic E-state index is 9.22. The fraction of sp³-hybridized carbons (Fsp3) is 0.545. The predicted molar refractivity (Wildman–Crippen MR) is 71.1 cm³/mol. The van der Waals surface area contributed by atoms with Gasteiger partial charge in [0.25, 0.3) is 0 Å². The zero-order valence-electron chi connectivity index (χ0n) is 9.50. The van der Waals surface area contributed by atoms with Gasteiger partial charge in [0.05, 0.1) is 16.1 Å². The number of aliphatic hydroxyl groups excluding tert-OH is 1. The molecule has 1 fully saturated rings. The van der Waals surface area contributed by atoms with Gasteiger partial charge in [-0.05, 0) is 25.8 Å². The smallest absolute Gasteiger partial charge is 0.147 e. The molecule has 1 aromatic heterocycles. The molecule has 0 aromatic carbocycles. The molecular weight excluding hydrogens is 261 g/mol. The minimum Gasteiger partial charge on any atom is -0.393 e. The Balaban J connectivity index is 2.12. The van der Waals surface area contributed by atoms with Crippen LogP contribution in [-0.2, 0) is 0 Å². The van der Waals surface area contributed by atoms with E-state index in [9.17, 15) is 5.11 Å². The van der Waals surface area contributed by atoms with Gasteiger partial charge in [-0.3, -0.25) is 0 Å². The summed E-state index contributed by atoms with van der Waals surface area (Å²) in [5.74, 6) is 1.24. The largest absolute Gasteiger partial charge is 0.393 e. The quantitative estimate of drug-likeness (QED) is 0.791. The summed E-state index contributed by atoms with van der Waals surface area (Å²) in [5.41, 5.74) is 0. The Labute approximate surface area is 110 Å². The summed E-state index contributed by atoms with van der Waals surface area (Å²) in [4.78, 5) is 4.34. The molecule has 0 radical (unpaired) electrons. The molecule has 1 aliphatic carbocycles. The molecule has 1 heterocycles. The third kappa shape index (κ3) is 2.94. The van der Waals surface area contributed by atoms with E-state index in [0.29, 0.717) is 21.7 Å². The Morgan fingerprint density at radius 1 is 1.35 bits per heavy atom. The van der Waals surface area contributed by atoms with Gasteiger partial charge in [-0.15, -0.1) is 0 Å². The highest BCUT2D eigenvalue weighted by Crippen LogP contribution is 2.32. The summed E-state index contributed by atoms with van der Waals surface area (Å²) >= 11 is 12.1. The Hall–Kier alpha value is -0.710. The number of rotatable bonds is 4. The predicted octanol–water partition coefficient (Wildman–Crippen LogP) is 2.76. The topological polar surface area (TPSA) is 57.2 Å². The second-order valence-electron chi connectivity index (χ2n) is 4.15. The summed E-state index contributed by atoms with van der Waals surface area (Å²) in [5, 5.41) is 16.5. The van der Waals surface area contributed by atoms with Gasteiger partial charge in [-0.1, -0.05) is 23.2 Å². The second kappa shape index (κ2) is 5.29. The van der Waals surface area contributed by atoms with Gasteiger partial charge in [0, 0.05) is 12.6 Å². The Bertz CT molecular complexity index is 408. The first-order valence-electron chi connectivity index (χ1n) is 5.64. The lowest BCUT2D eigenvalue weighted by Crippen LogP contribution is -2.39. The molecular formula is C11H15Cl2N3O. The third-order valence-electron chi connectivity index (χ3n) is 2.73. The molecule has 0 saturated heterocycles. The van der Waals surface area contributed by atoms with Crippen LogP contribution in [0.3, 0.4) is 0 Å². The zero-order valence-corrected chi connectivity index (χ0v) is 11.0. The van der Waals surface area contributed by atoms with Gasteiger partial charge in [0.2, 0.25) is 0 Å². The molecule has 0 aliphatic heterocycles. The normalized spacial score (nSPS) is 23.1. The molecule has 1 saturated carbocycles. The van der Waals surface area contributed by atoms with E-state index in [4.69, 9.17) is 23.2 Å². The average molecular weight is 276 g/mol. The summed E-state index contributed by atoms with van der Waals surface area (Å²) in [6.45, 7) is 2.72. The lowest BCUT2D eigenvalue weighted by molar-refractivity contribution is 0.0835. The van der Waals surface area contributed by atoms with Crippen molar-refractivity contribution in [3.63, 3.8) is 0 Å². The van der Waals surface area contributed by atoms with Crippen molar-refractivity contribution in [1.82, 2.24) is 4.98 Å². The van der Waals surface area contributed by atoms with Crippen LogP contribution in [0.25, 0.3) is 0 Å². The van der Waals surface area contributed by atoms with Crippen LogP contribution in [0.2, 0.25) is 10.0 Å². The molecule has 1 aromatic rings. The van der Waals surface area contributed by atoms with E-state index in [0.717, 1.165) is 19.4 Å². The minimum atomic E-state index is -0.202. The molecule has 0 spiro atoms. The Morgan fingerprint density at radius 3 is 2.59 bits per heavy atom. The highest BCUT2D eigenvalue weighted by molar-refractivity contribution is 6.37.